The van der Waals surface area contributed by atoms with Crippen molar-refractivity contribution in [2.24, 2.45) is 0 Å². The van der Waals surface area contributed by atoms with Crippen LogP contribution in [0.15, 0.2) is 146 Å². The molecule has 0 fully saturated rings. The van der Waals surface area contributed by atoms with Crippen molar-refractivity contribution < 1.29 is 4.57 Å². The number of fused-ring (bicyclic) bond motifs is 3. The van der Waals surface area contributed by atoms with Gasteiger partial charge in [-0.25, -0.2) is 0 Å². The highest BCUT2D eigenvalue weighted by molar-refractivity contribution is 7.70. The van der Waals surface area contributed by atoms with Gasteiger partial charge in [-0.05, 0) is 89.2 Å². The Morgan fingerprint density at radius 3 is 1.44 bits per heavy atom. The highest BCUT2D eigenvalue weighted by atomic mass is 31.2. The highest BCUT2D eigenvalue weighted by Gasteiger charge is 2.16. The van der Waals surface area contributed by atoms with Crippen LogP contribution < -0.4 is 5.30 Å². The van der Waals surface area contributed by atoms with E-state index in [2.05, 4.69) is 132 Å². The molecule has 6 aromatic carbocycles. The van der Waals surface area contributed by atoms with E-state index >= 15 is 0 Å². The van der Waals surface area contributed by atoms with Crippen LogP contribution in [0.25, 0.3) is 60.9 Å². The topological polar surface area (TPSA) is 22.0 Å². The van der Waals surface area contributed by atoms with Crippen molar-refractivity contribution >= 4 is 34.3 Å². The molecule has 0 amide bonds. The molecule has 0 unspecified atom stereocenters. The number of benzene rings is 6. The van der Waals surface area contributed by atoms with E-state index in [0.717, 1.165) is 27.6 Å². The van der Waals surface area contributed by atoms with E-state index in [4.69, 9.17) is 0 Å². The van der Waals surface area contributed by atoms with Gasteiger partial charge in [-0.1, -0.05) is 103 Å². The molecule has 0 saturated heterocycles. The summed E-state index contributed by atoms with van der Waals surface area (Å²) in [6.07, 6.45) is 0. The average Bonchev–Trinajstić information content (AvgIpc) is 3.34. The second-order valence-corrected chi connectivity index (χ2v) is 14.2. The van der Waals surface area contributed by atoms with E-state index in [1.807, 2.05) is 31.5 Å². The van der Waals surface area contributed by atoms with Gasteiger partial charge in [0.2, 0.25) is 0 Å². The van der Waals surface area contributed by atoms with Crippen molar-refractivity contribution in [3.05, 3.63) is 146 Å². The number of hydrogen-bond donors (Lipinski definition) is 0. The molecule has 2 nitrogen and oxygen atoms in total. The second kappa shape index (κ2) is 10.1. The van der Waals surface area contributed by atoms with Gasteiger partial charge in [0.25, 0.3) is 0 Å². The molecular formula is C38H30NOP. The quantitative estimate of drug-likeness (QED) is 0.197. The summed E-state index contributed by atoms with van der Waals surface area (Å²) in [7, 11) is -2.36. The molecule has 0 radical (unpaired) electrons. The third-order valence-electron chi connectivity index (χ3n) is 7.91. The fraction of sp³-hybridized carbons (Fsp3) is 0.0526. The van der Waals surface area contributed by atoms with Gasteiger partial charge in [-0.15, -0.1) is 0 Å². The van der Waals surface area contributed by atoms with Crippen molar-refractivity contribution in [1.29, 1.82) is 0 Å². The summed E-state index contributed by atoms with van der Waals surface area (Å²) < 4.78 is 15.2. The minimum atomic E-state index is -2.36. The van der Waals surface area contributed by atoms with Crippen LogP contribution in [0.3, 0.4) is 0 Å². The maximum atomic E-state index is 12.8. The molecule has 3 heteroatoms. The number of rotatable bonds is 5. The molecule has 7 aromatic rings. The molecule has 1 aromatic heterocycles. The fourth-order valence-corrected chi connectivity index (χ4v) is 6.64. The summed E-state index contributed by atoms with van der Waals surface area (Å²) >= 11 is 0. The molecule has 0 bridgehead atoms. The molecule has 7 rings (SSSR count). The average molecular weight is 548 g/mol. The Morgan fingerprint density at radius 1 is 0.439 bits per heavy atom. The predicted molar refractivity (Wildman–Crippen MR) is 176 cm³/mol. The second-order valence-electron chi connectivity index (χ2n) is 11.0. The van der Waals surface area contributed by atoms with Crippen LogP contribution in [0.5, 0.6) is 0 Å². The van der Waals surface area contributed by atoms with Crippen molar-refractivity contribution in [1.82, 2.24) is 4.57 Å². The van der Waals surface area contributed by atoms with E-state index < -0.39 is 7.14 Å². The third-order valence-corrected chi connectivity index (χ3v) is 9.43. The first-order chi connectivity index (χ1) is 20.0. The zero-order chi connectivity index (χ0) is 28.0. The maximum absolute atomic E-state index is 12.8. The first-order valence-corrected chi connectivity index (χ1v) is 16.5. The van der Waals surface area contributed by atoms with Gasteiger partial charge in [0.05, 0.1) is 11.0 Å². The van der Waals surface area contributed by atoms with E-state index in [0.29, 0.717) is 0 Å². The molecule has 198 valence electrons. The van der Waals surface area contributed by atoms with Crippen LogP contribution >= 0.6 is 7.14 Å². The largest absolute Gasteiger partial charge is 0.319 e. The molecular weight excluding hydrogens is 517 g/mol. The Labute approximate surface area is 240 Å². The van der Waals surface area contributed by atoms with Crippen molar-refractivity contribution in [2.75, 3.05) is 13.3 Å². The lowest BCUT2D eigenvalue weighted by atomic mass is 10.0. The minimum absolute atomic E-state index is 0.905. The summed E-state index contributed by atoms with van der Waals surface area (Å²) in [6.45, 7) is 3.66. The number of aromatic nitrogens is 1. The van der Waals surface area contributed by atoms with E-state index in [-0.39, 0.29) is 0 Å². The van der Waals surface area contributed by atoms with Crippen molar-refractivity contribution in [3.8, 4) is 39.1 Å². The van der Waals surface area contributed by atoms with Gasteiger partial charge >= 0.3 is 0 Å². The lowest BCUT2D eigenvalue weighted by Gasteiger charge is -2.11. The summed E-state index contributed by atoms with van der Waals surface area (Å²) in [4.78, 5) is 0. The predicted octanol–water partition coefficient (Wildman–Crippen LogP) is 10.0. The Hall–Kier alpha value is -4.65. The van der Waals surface area contributed by atoms with Crippen LogP contribution in [-0.2, 0) is 4.57 Å². The lowest BCUT2D eigenvalue weighted by molar-refractivity contribution is 0.588. The first kappa shape index (κ1) is 25.3. The standard InChI is InChI=1S/C38H30NOP/c1-41(2,40)34-15-9-14-30(24-34)32-19-23-38-36(26-32)35-25-31(28-12-7-4-8-13-28)18-22-37(35)39(38)33-20-16-29(17-21-33)27-10-5-3-6-11-27/h3-26H,1-2H3. The van der Waals surface area contributed by atoms with Gasteiger partial charge in [0.15, 0.2) is 0 Å². The first-order valence-electron chi connectivity index (χ1n) is 13.9. The van der Waals surface area contributed by atoms with E-state index in [1.54, 1.807) is 0 Å². The van der Waals surface area contributed by atoms with Gasteiger partial charge in [0, 0.05) is 21.8 Å². The van der Waals surface area contributed by atoms with Crippen LogP contribution in [-0.4, -0.2) is 17.9 Å². The van der Waals surface area contributed by atoms with Crippen LogP contribution in [0, 0.1) is 0 Å². The van der Waals surface area contributed by atoms with Crippen molar-refractivity contribution in [2.45, 2.75) is 0 Å². The fourth-order valence-electron chi connectivity index (χ4n) is 5.75. The third kappa shape index (κ3) is 4.71. The summed E-state index contributed by atoms with van der Waals surface area (Å²) in [5.41, 5.74) is 10.5. The van der Waals surface area contributed by atoms with E-state index in [1.165, 1.54) is 38.5 Å². The molecule has 0 aliphatic carbocycles. The SMILES string of the molecule is CP(C)(=O)c1cccc(-c2ccc3c(c2)c2cc(-c4ccccc4)ccc2n3-c2ccc(-c3ccccc3)cc2)c1. The molecule has 0 atom stereocenters. The Morgan fingerprint density at radius 2 is 0.878 bits per heavy atom. The molecule has 0 N–H and O–H groups in total. The molecule has 0 aliphatic rings. The summed E-state index contributed by atoms with van der Waals surface area (Å²) in [5, 5.41) is 3.31. The molecule has 41 heavy (non-hydrogen) atoms. The summed E-state index contributed by atoms with van der Waals surface area (Å²) in [5.74, 6) is 0. The Bertz CT molecular complexity index is 2070. The van der Waals surface area contributed by atoms with E-state index in [9.17, 15) is 4.57 Å². The van der Waals surface area contributed by atoms with Crippen LogP contribution in [0.2, 0.25) is 0 Å². The van der Waals surface area contributed by atoms with Gasteiger partial charge in [-0.2, -0.15) is 0 Å². The van der Waals surface area contributed by atoms with Crippen LogP contribution in [0.4, 0.5) is 0 Å². The van der Waals surface area contributed by atoms with Gasteiger partial charge < -0.3 is 9.13 Å². The maximum Gasteiger partial charge on any atom is 0.109 e. The molecule has 0 spiro atoms. The molecule has 0 saturated carbocycles. The van der Waals surface area contributed by atoms with Crippen LogP contribution in [0.1, 0.15) is 0 Å². The normalized spacial score (nSPS) is 11.8. The Balaban J connectivity index is 1.44. The number of hydrogen-bond acceptors (Lipinski definition) is 1. The van der Waals surface area contributed by atoms with Crippen molar-refractivity contribution in [3.63, 3.8) is 0 Å². The monoisotopic (exact) mass is 547 g/mol. The van der Waals surface area contributed by atoms with Gasteiger partial charge in [0.1, 0.15) is 7.14 Å². The Kier molecular flexibility index (Phi) is 6.22. The zero-order valence-electron chi connectivity index (χ0n) is 23.2. The molecule has 1 heterocycles. The zero-order valence-corrected chi connectivity index (χ0v) is 24.1. The smallest absolute Gasteiger partial charge is 0.109 e. The number of nitrogens with zero attached hydrogens (tertiary/aromatic N) is 1. The highest BCUT2D eigenvalue weighted by Crippen LogP contribution is 2.39. The van der Waals surface area contributed by atoms with Gasteiger partial charge in [-0.3, -0.25) is 0 Å². The molecule has 0 aliphatic heterocycles. The minimum Gasteiger partial charge on any atom is -0.319 e. The summed E-state index contributed by atoms with van der Waals surface area (Å²) in [6, 6.07) is 51.5. The lowest BCUT2D eigenvalue weighted by Crippen LogP contribution is -2.02.